The molecule has 0 radical (unpaired) electrons. The van der Waals surface area contributed by atoms with Crippen LogP contribution in [0.3, 0.4) is 0 Å². The summed E-state index contributed by atoms with van der Waals surface area (Å²) in [5, 5.41) is 2.27. The van der Waals surface area contributed by atoms with Gasteiger partial charge in [0, 0.05) is 31.3 Å². The number of aromatic amines is 1. The third kappa shape index (κ3) is 2.24. The van der Waals surface area contributed by atoms with Gasteiger partial charge in [-0.25, -0.2) is 9.97 Å². The van der Waals surface area contributed by atoms with Crippen LogP contribution in [0, 0.1) is 0 Å². The molecule has 21 heavy (non-hydrogen) atoms. The summed E-state index contributed by atoms with van der Waals surface area (Å²) in [5.74, 6) is 1.79. The van der Waals surface area contributed by atoms with Gasteiger partial charge in [-0.2, -0.15) is 5.16 Å². The first-order valence-electron chi connectivity index (χ1n) is 7.01. The molecular formula is C14H14N4O3. The summed E-state index contributed by atoms with van der Waals surface area (Å²) in [6.45, 7) is 1.09. The number of hydrogen-bond acceptors (Lipinski definition) is 5. The van der Waals surface area contributed by atoms with E-state index < -0.39 is 0 Å². The van der Waals surface area contributed by atoms with Crippen LogP contribution in [0.1, 0.15) is 46.8 Å². The van der Waals surface area contributed by atoms with Crippen LogP contribution in [0.25, 0.3) is 0 Å². The van der Waals surface area contributed by atoms with E-state index in [2.05, 4.69) is 15.1 Å². The molecule has 1 aliphatic heterocycles. The standard InChI is InChI=1S/C14H14N4O3/c19-12-5-11(21-17-12)9-6-18(7-9)14(20)10-3-4-15-13(16-10)8-1-2-8/h3-5,8-9H,1-2,6-7H2,(H,17,19). The van der Waals surface area contributed by atoms with Gasteiger partial charge in [0.2, 0.25) is 0 Å². The van der Waals surface area contributed by atoms with Crippen LogP contribution in [-0.4, -0.2) is 39.0 Å². The largest absolute Gasteiger partial charge is 0.383 e. The molecule has 3 heterocycles. The summed E-state index contributed by atoms with van der Waals surface area (Å²) in [6.07, 6.45) is 3.86. The number of nitrogens with zero attached hydrogens (tertiary/aromatic N) is 3. The Morgan fingerprint density at radius 1 is 1.33 bits per heavy atom. The second-order valence-electron chi connectivity index (χ2n) is 5.60. The van der Waals surface area contributed by atoms with Gasteiger partial charge in [0.1, 0.15) is 17.3 Å². The molecule has 0 unspecified atom stereocenters. The highest BCUT2D eigenvalue weighted by molar-refractivity contribution is 5.92. The number of carbonyl (C=O) groups excluding carboxylic acids is 1. The fourth-order valence-electron chi connectivity index (χ4n) is 2.52. The first kappa shape index (κ1) is 12.3. The molecule has 0 bridgehead atoms. The van der Waals surface area contributed by atoms with Crippen molar-refractivity contribution in [3.05, 3.63) is 46.0 Å². The Balaban J connectivity index is 1.44. The zero-order valence-electron chi connectivity index (χ0n) is 11.3. The molecule has 108 valence electrons. The monoisotopic (exact) mass is 286 g/mol. The van der Waals surface area contributed by atoms with Crippen LogP contribution in [0.15, 0.2) is 27.6 Å². The summed E-state index contributed by atoms with van der Waals surface area (Å²) in [5.41, 5.74) is 0.195. The zero-order valence-corrected chi connectivity index (χ0v) is 11.3. The Morgan fingerprint density at radius 3 is 2.81 bits per heavy atom. The van der Waals surface area contributed by atoms with Crippen molar-refractivity contribution in [2.45, 2.75) is 24.7 Å². The maximum Gasteiger partial charge on any atom is 0.280 e. The number of rotatable bonds is 3. The Hall–Kier alpha value is -2.44. The number of H-pyrrole nitrogens is 1. The van der Waals surface area contributed by atoms with Crippen LogP contribution >= 0.6 is 0 Å². The van der Waals surface area contributed by atoms with Gasteiger partial charge in [-0.1, -0.05) is 0 Å². The molecule has 2 fully saturated rings. The minimum Gasteiger partial charge on any atom is -0.383 e. The molecule has 1 N–H and O–H groups in total. The van der Waals surface area contributed by atoms with E-state index >= 15 is 0 Å². The number of hydrogen-bond donors (Lipinski definition) is 1. The molecule has 1 saturated heterocycles. The normalized spacial score (nSPS) is 18.6. The predicted octanol–water partition coefficient (Wildman–Crippen LogP) is 0.875. The third-order valence-electron chi connectivity index (χ3n) is 3.95. The molecule has 1 aliphatic carbocycles. The molecular weight excluding hydrogens is 272 g/mol. The molecule has 7 heteroatoms. The maximum atomic E-state index is 12.3. The molecule has 0 aromatic carbocycles. The van der Waals surface area contributed by atoms with Gasteiger partial charge in [0.15, 0.2) is 0 Å². The first-order chi connectivity index (χ1) is 10.2. The minimum absolute atomic E-state index is 0.0811. The van der Waals surface area contributed by atoms with Crippen molar-refractivity contribution in [3.8, 4) is 0 Å². The highest BCUT2D eigenvalue weighted by Crippen LogP contribution is 2.37. The van der Waals surface area contributed by atoms with E-state index in [-0.39, 0.29) is 17.4 Å². The van der Waals surface area contributed by atoms with Gasteiger partial charge in [0.25, 0.3) is 11.5 Å². The highest BCUT2D eigenvalue weighted by Gasteiger charge is 2.35. The van der Waals surface area contributed by atoms with E-state index in [0.717, 1.165) is 18.7 Å². The molecule has 0 spiro atoms. The molecule has 2 aromatic heterocycles. The maximum absolute atomic E-state index is 12.3. The molecule has 1 amide bonds. The van der Waals surface area contributed by atoms with E-state index in [0.29, 0.717) is 30.5 Å². The molecule has 2 aromatic rings. The van der Waals surface area contributed by atoms with E-state index in [1.54, 1.807) is 17.2 Å². The van der Waals surface area contributed by atoms with Crippen molar-refractivity contribution in [2.75, 3.05) is 13.1 Å². The van der Waals surface area contributed by atoms with Gasteiger partial charge >= 0.3 is 0 Å². The smallest absolute Gasteiger partial charge is 0.280 e. The Kier molecular flexibility index (Phi) is 2.66. The van der Waals surface area contributed by atoms with Crippen LogP contribution in [0.4, 0.5) is 0 Å². The number of nitrogens with one attached hydrogen (secondary N) is 1. The lowest BCUT2D eigenvalue weighted by Crippen LogP contribution is -2.48. The lowest BCUT2D eigenvalue weighted by atomic mass is 9.97. The Labute approximate surface area is 120 Å². The van der Waals surface area contributed by atoms with E-state index in [1.807, 2.05) is 0 Å². The van der Waals surface area contributed by atoms with E-state index in [1.165, 1.54) is 6.07 Å². The summed E-state index contributed by atoms with van der Waals surface area (Å²) >= 11 is 0. The quantitative estimate of drug-likeness (QED) is 0.904. The van der Waals surface area contributed by atoms with Crippen molar-refractivity contribution in [1.29, 1.82) is 0 Å². The topological polar surface area (TPSA) is 92.1 Å². The Morgan fingerprint density at radius 2 is 2.14 bits per heavy atom. The number of likely N-dealkylation sites (tertiary alicyclic amines) is 1. The summed E-state index contributed by atoms with van der Waals surface area (Å²) in [6, 6.07) is 3.08. The summed E-state index contributed by atoms with van der Waals surface area (Å²) < 4.78 is 5.06. The lowest BCUT2D eigenvalue weighted by molar-refractivity contribution is 0.0568. The van der Waals surface area contributed by atoms with Gasteiger partial charge < -0.3 is 9.42 Å². The van der Waals surface area contributed by atoms with Crippen molar-refractivity contribution in [2.24, 2.45) is 0 Å². The van der Waals surface area contributed by atoms with Crippen molar-refractivity contribution in [1.82, 2.24) is 20.0 Å². The molecule has 1 saturated carbocycles. The zero-order chi connectivity index (χ0) is 14.4. The number of carbonyl (C=O) groups is 1. The molecule has 4 rings (SSSR count). The molecule has 0 atom stereocenters. The second kappa shape index (κ2) is 4.54. The average molecular weight is 286 g/mol. The number of aromatic nitrogens is 3. The Bertz CT molecular complexity index is 740. The molecule has 2 aliphatic rings. The average Bonchev–Trinajstić information content (AvgIpc) is 3.21. The fraction of sp³-hybridized carbons (Fsp3) is 0.429. The van der Waals surface area contributed by atoms with Gasteiger partial charge in [-0.3, -0.25) is 9.59 Å². The van der Waals surface area contributed by atoms with Crippen LogP contribution in [-0.2, 0) is 0 Å². The van der Waals surface area contributed by atoms with Crippen molar-refractivity contribution in [3.63, 3.8) is 0 Å². The van der Waals surface area contributed by atoms with Crippen LogP contribution < -0.4 is 5.56 Å². The number of amides is 1. The third-order valence-corrected chi connectivity index (χ3v) is 3.95. The SMILES string of the molecule is O=C(c1ccnc(C2CC2)n1)N1CC(c2cc(=O)[nH]o2)C1. The first-order valence-corrected chi connectivity index (χ1v) is 7.01. The van der Waals surface area contributed by atoms with Gasteiger partial charge in [0.05, 0.1) is 5.92 Å². The van der Waals surface area contributed by atoms with Crippen LogP contribution in [0.5, 0.6) is 0 Å². The molecule has 7 nitrogen and oxygen atoms in total. The van der Waals surface area contributed by atoms with Gasteiger partial charge in [-0.15, -0.1) is 0 Å². The fourth-order valence-corrected chi connectivity index (χ4v) is 2.52. The van der Waals surface area contributed by atoms with Gasteiger partial charge in [-0.05, 0) is 18.9 Å². The predicted molar refractivity (Wildman–Crippen MR) is 72.0 cm³/mol. The van der Waals surface area contributed by atoms with E-state index in [4.69, 9.17) is 4.52 Å². The van der Waals surface area contributed by atoms with Crippen LogP contribution in [0.2, 0.25) is 0 Å². The second-order valence-corrected chi connectivity index (χ2v) is 5.60. The van der Waals surface area contributed by atoms with Crippen molar-refractivity contribution < 1.29 is 9.32 Å². The minimum atomic E-state index is -0.250. The summed E-state index contributed by atoms with van der Waals surface area (Å²) in [7, 11) is 0. The highest BCUT2D eigenvalue weighted by atomic mass is 16.5. The van der Waals surface area contributed by atoms with E-state index in [9.17, 15) is 9.59 Å². The van der Waals surface area contributed by atoms with Crippen molar-refractivity contribution >= 4 is 5.91 Å². The summed E-state index contributed by atoms with van der Waals surface area (Å²) in [4.78, 5) is 33.7. The lowest BCUT2D eigenvalue weighted by Gasteiger charge is -2.37.